The van der Waals surface area contributed by atoms with Crippen LogP contribution in [0.3, 0.4) is 0 Å². The van der Waals surface area contributed by atoms with Crippen molar-refractivity contribution in [1.29, 1.82) is 0 Å². The summed E-state index contributed by atoms with van der Waals surface area (Å²) in [6.07, 6.45) is 4.90. The molecule has 0 aliphatic carbocycles. The Hall–Kier alpha value is -2.23. The summed E-state index contributed by atoms with van der Waals surface area (Å²) in [7, 11) is 0. The second-order valence-electron chi connectivity index (χ2n) is 6.81. The van der Waals surface area contributed by atoms with Gasteiger partial charge >= 0.3 is 0 Å². The fraction of sp³-hybridized carbons (Fsp3) is 0.421. The summed E-state index contributed by atoms with van der Waals surface area (Å²) in [4.78, 5) is 24.0. The predicted octanol–water partition coefficient (Wildman–Crippen LogP) is 3.39. The van der Waals surface area contributed by atoms with E-state index in [-0.39, 0.29) is 17.9 Å². The molecule has 4 heteroatoms. The number of rotatable bonds is 2. The lowest BCUT2D eigenvalue weighted by Gasteiger charge is -2.36. The number of hydrogen-bond acceptors (Lipinski definition) is 3. The maximum atomic E-state index is 12.5. The molecule has 3 heterocycles. The SMILES string of the molecule is CC(C)C(=O)N1C2CCC1c1cnc(-c3ccccc3)nc1C2. The Labute approximate surface area is 136 Å². The molecule has 1 aromatic carbocycles. The average Bonchev–Trinajstić information content (AvgIpc) is 2.89. The molecule has 0 spiro atoms. The third-order valence-electron chi connectivity index (χ3n) is 4.97. The van der Waals surface area contributed by atoms with Gasteiger partial charge in [0.25, 0.3) is 0 Å². The highest BCUT2D eigenvalue weighted by Gasteiger charge is 2.43. The van der Waals surface area contributed by atoms with Crippen molar-refractivity contribution in [2.24, 2.45) is 5.92 Å². The molecule has 2 bridgehead atoms. The highest BCUT2D eigenvalue weighted by atomic mass is 16.2. The maximum absolute atomic E-state index is 12.5. The zero-order valence-electron chi connectivity index (χ0n) is 13.6. The quantitative estimate of drug-likeness (QED) is 0.854. The minimum atomic E-state index is 0.0455. The third-order valence-corrected chi connectivity index (χ3v) is 4.97. The largest absolute Gasteiger partial charge is 0.332 e. The lowest BCUT2D eigenvalue weighted by atomic mass is 9.97. The van der Waals surface area contributed by atoms with Crippen molar-refractivity contribution in [1.82, 2.24) is 14.9 Å². The van der Waals surface area contributed by atoms with Crippen molar-refractivity contribution < 1.29 is 4.79 Å². The standard InChI is InChI=1S/C19H21N3O/c1-12(2)19(23)22-14-8-9-17(22)15-11-20-18(21-16(15)10-14)13-6-4-3-5-7-13/h3-7,11-12,14,17H,8-10H2,1-2H3. The maximum Gasteiger partial charge on any atom is 0.225 e. The van der Waals surface area contributed by atoms with Crippen LogP contribution in [0, 0.1) is 5.92 Å². The lowest BCUT2D eigenvalue weighted by molar-refractivity contribution is -0.138. The fourth-order valence-electron chi connectivity index (χ4n) is 3.84. The van der Waals surface area contributed by atoms with Crippen molar-refractivity contribution in [3.63, 3.8) is 0 Å². The fourth-order valence-corrected chi connectivity index (χ4v) is 3.84. The summed E-state index contributed by atoms with van der Waals surface area (Å²) in [6.45, 7) is 3.96. The molecule has 2 atom stereocenters. The zero-order valence-corrected chi connectivity index (χ0v) is 13.6. The molecule has 2 aliphatic heterocycles. The normalized spacial score (nSPS) is 22.3. The monoisotopic (exact) mass is 307 g/mol. The number of benzene rings is 1. The second kappa shape index (κ2) is 5.44. The molecule has 1 saturated heterocycles. The number of carbonyl (C=O) groups is 1. The van der Waals surface area contributed by atoms with Gasteiger partial charge in [-0.3, -0.25) is 4.79 Å². The predicted molar refractivity (Wildman–Crippen MR) is 88.6 cm³/mol. The minimum absolute atomic E-state index is 0.0455. The van der Waals surface area contributed by atoms with Gasteiger partial charge in [0.1, 0.15) is 0 Å². The van der Waals surface area contributed by atoms with Crippen LogP contribution in [-0.2, 0) is 11.2 Å². The summed E-state index contributed by atoms with van der Waals surface area (Å²) in [6, 6.07) is 10.6. The van der Waals surface area contributed by atoms with E-state index in [2.05, 4.69) is 9.88 Å². The van der Waals surface area contributed by atoms with Crippen molar-refractivity contribution in [2.45, 2.75) is 45.2 Å². The van der Waals surface area contributed by atoms with Crippen molar-refractivity contribution >= 4 is 5.91 Å². The van der Waals surface area contributed by atoms with Crippen LogP contribution in [0.1, 0.15) is 44.0 Å². The molecule has 2 aromatic rings. The zero-order chi connectivity index (χ0) is 16.0. The molecule has 1 fully saturated rings. The van der Waals surface area contributed by atoms with Crippen LogP contribution in [-0.4, -0.2) is 26.8 Å². The first kappa shape index (κ1) is 14.4. The van der Waals surface area contributed by atoms with Gasteiger partial charge in [-0.1, -0.05) is 44.2 Å². The first-order chi connectivity index (χ1) is 11.1. The molecule has 1 amide bonds. The molecule has 0 N–H and O–H groups in total. The number of nitrogens with zero attached hydrogens (tertiary/aromatic N) is 3. The van der Waals surface area contributed by atoms with Gasteiger partial charge in [0, 0.05) is 35.7 Å². The van der Waals surface area contributed by atoms with Crippen LogP contribution in [0.25, 0.3) is 11.4 Å². The molecule has 118 valence electrons. The van der Waals surface area contributed by atoms with Gasteiger partial charge in [0.15, 0.2) is 5.82 Å². The number of carbonyl (C=O) groups excluding carboxylic acids is 1. The first-order valence-corrected chi connectivity index (χ1v) is 8.38. The van der Waals surface area contributed by atoms with Crippen LogP contribution >= 0.6 is 0 Å². The molecular formula is C19H21N3O. The Morgan fingerprint density at radius 3 is 2.74 bits per heavy atom. The van der Waals surface area contributed by atoms with Crippen LogP contribution in [0.2, 0.25) is 0 Å². The summed E-state index contributed by atoms with van der Waals surface area (Å²) >= 11 is 0. The molecule has 0 radical (unpaired) electrons. The van der Waals surface area contributed by atoms with Gasteiger partial charge in [0.05, 0.1) is 11.7 Å². The Bertz CT molecular complexity index is 742. The van der Waals surface area contributed by atoms with Gasteiger partial charge in [-0.15, -0.1) is 0 Å². The van der Waals surface area contributed by atoms with E-state index in [1.807, 2.05) is 50.4 Å². The van der Waals surface area contributed by atoms with Crippen molar-refractivity contribution in [3.8, 4) is 11.4 Å². The van der Waals surface area contributed by atoms with Gasteiger partial charge in [0.2, 0.25) is 5.91 Å². The average molecular weight is 307 g/mol. The number of fused-ring (bicyclic) bond motifs is 4. The van der Waals surface area contributed by atoms with Crippen LogP contribution in [0.4, 0.5) is 0 Å². The molecule has 2 aliphatic rings. The molecule has 0 saturated carbocycles. The summed E-state index contributed by atoms with van der Waals surface area (Å²) < 4.78 is 0. The summed E-state index contributed by atoms with van der Waals surface area (Å²) in [5, 5.41) is 0. The molecule has 4 rings (SSSR count). The second-order valence-corrected chi connectivity index (χ2v) is 6.81. The summed E-state index contributed by atoms with van der Waals surface area (Å²) in [5.41, 5.74) is 3.31. The third kappa shape index (κ3) is 2.33. The van der Waals surface area contributed by atoms with E-state index in [1.54, 1.807) is 0 Å². The Morgan fingerprint density at radius 2 is 2.00 bits per heavy atom. The highest BCUT2D eigenvalue weighted by Crippen LogP contribution is 2.43. The number of amides is 1. The van der Waals surface area contributed by atoms with Crippen LogP contribution < -0.4 is 0 Å². The van der Waals surface area contributed by atoms with Gasteiger partial charge in [-0.2, -0.15) is 0 Å². The van der Waals surface area contributed by atoms with Crippen molar-refractivity contribution in [2.75, 3.05) is 0 Å². The molecule has 4 nitrogen and oxygen atoms in total. The molecular weight excluding hydrogens is 286 g/mol. The topological polar surface area (TPSA) is 46.1 Å². The minimum Gasteiger partial charge on any atom is -0.332 e. The first-order valence-electron chi connectivity index (χ1n) is 8.38. The van der Waals surface area contributed by atoms with Crippen molar-refractivity contribution in [3.05, 3.63) is 47.8 Å². The van der Waals surface area contributed by atoms with E-state index in [9.17, 15) is 4.79 Å². The van der Waals surface area contributed by atoms with E-state index in [0.717, 1.165) is 41.9 Å². The van der Waals surface area contributed by atoms with Gasteiger partial charge < -0.3 is 4.90 Å². The van der Waals surface area contributed by atoms with Crippen LogP contribution in [0.15, 0.2) is 36.5 Å². The van der Waals surface area contributed by atoms with E-state index >= 15 is 0 Å². The Kier molecular flexibility index (Phi) is 3.40. The Morgan fingerprint density at radius 1 is 1.22 bits per heavy atom. The van der Waals surface area contributed by atoms with Gasteiger partial charge in [-0.05, 0) is 12.8 Å². The lowest BCUT2D eigenvalue weighted by Crippen LogP contribution is -2.44. The van der Waals surface area contributed by atoms with Gasteiger partial charge in [-0.25, -0.2) is 9.97 Å². The van der Waals surface area contributed by atoms with E-state index in [1.165, 1.54) is 0 Å². The highest BCUT2D eigenvalue weighted by molar-refractivity contribution is 5.79. The smallest absolute Gasteiger partial charge is 0.225 e. The Balaban J connectivity index is 1.71. The number of aromatic nitrogens is 2. The van der Waals surface area contributed by atoms with E-state index < -0.39 is 0 Å². The molecule has 23 heavy (non-hydrogen) atoms. The van der Waals surface area contributed by atoms with E-state index in [4.69, 9.17) is 4.98 Å². The molecule has 1 aromatic heterocycles. The number of hydrogen-bond donors (Lipinski definition) is 0. The van der Waals surface area contributed by atoms with Crippen LogP contribution in [0.5, 0.6) is 0 Å². The summed E-state index contributed by atoms with van der Waals surface area (Å²) in [5.74, 6) is 1.09. The molecule has 2 unspecified atom stereocenters. The van der Waals surface area contributed by atoms with E-state index in [0.29, 0.717) is 6.04 Å².